The molecule has 2 fully saturated rings. The van der Waals surface area contributed by atoms with Crippen molar-refractivity contribution < 1.29 is 9.53 Å². The van der Waals surface area contributed by atoms with Crippen LogP contribution in [-0.2, 0) is 11.2 Å². The summed E-state index contributed by atoms with van der Waals surface area (Å²) < 4.78 is 7.54. The van der Waals surface area contributed by atoms with Crippen LogP contribution in [-0.4, -0.2) is 49.4 Å². The zero-order valence-electron chi connectivity index (χ0n) is 16.5. The van der Waals surface area contributed by atoms with Crippen LogP contribution in [0.4, 0.5) is 10.6 Å². The van der Waals surface area contributed by atoms with Gasteiger partial charge < -0.3 is 15.4 Å². The molecule has 146 valence electrons. The molecule has 1 aliphatic heterocycles. The molecule has 3 heterocycles. The van der Waals surface area contributed by atoms with Gasteiger partial charge in [0.1, 0.15) is 17.7 Å². The van der Waals surface area contributed by atoms with Crippen LogP contribution < -0.4 is 5.73 Å². The molecule has 2 aromatic heterocycles. The molecule has 2 aliphatic rings. The number of hydrogen-bond donors (Lipinski definition) is 1. The van der Waals surface area contributed by atoms with Crippen LogP contribution in [0.15, 0.2) is 6.33 Å². The molecule has 1 amide bonds. The highest BCUT2D eigenvalue weighted by Gasteiger charge is 2.51. The summed E-state index contributed by atoms with van der Waals surface area (Å²) in [5.41, 5.74) is 7.54. The lowest BCUT2D eigenvalue weighted by Gasteiger charge is -2.45. The van der Waals surface area contributed by atoms with Gasteiger partial charge in [0.15, 0.2) is 5.65 Å². The second-order valence-corrected chi connectivity index (χ2v) is 8.92. The van der Waals surface area contributed by atoms with Gasteiger partial charge in [-0.05, 0) is 51.9 Å². The molecular weight excluding hydrogens is 344 g/mol. The summed E-state index contributed by atoms with van der Waals surface area (Å²) in [5.74, 6) is 0.495. The minimum absolute atomic E-state index is 0.171. The van der Waals surface area contributed by atoms with Gasteiger partial charge in [-0.25, -0.2) is 19.4 Å². The monoisotopic (exact) mass is 372 g/mol. The van der Waals surface area contributed by atoms with Crippen molar-refractivity contribution >= 4 is 22.9 Å². The van der Waals surface area contributed by atoms with E-state index in [9.17, 15) is 4.79 Å². The van der Waals surface area contributed by atoms with Crippen LogP contribution in [0.3, 0.4) is 0 Å². The number of nitrogens with two attached hydrogens (primary N) is 1. The van der Waals surface area contributed by atoms with Crippen LogP contribution in [0.2, 0.25) is 0 Å². The Balaban J connectivity index is 1.48. The van der Waals surface area contributed by atoms with Crippen molar-refractivity contribution in [3.63, 3.8) is 0 Å². The van der Waals surface area contributed by atoms with Crippen molar-refractivity contribution in [3.05, 3.63) is 12.0 Å². The second kappa shape index (κ2) is 6.07. The fraction of sp³-hybridized carbons (Fsp3) is 0.684. The van der Waals surface area contributed by atoms with E-state index in [0.29, 0.717) is 11.9 Å². The lowest BCUT2D eigenvalue weighted by Crippen LogP contribution is -2.43. The van der Waals surface area contributed by atoms with Gasteiger partial charge in [-0.1, -0.05) is 6.92 Å². The molecule has 1 saturated carbocycles. The number of nitrogens with zero attached hydrogens (tertiary/aromatic N) is 5. The summed E-state index contributed by atoms with van der Waals surface area (Å²) in [4.78, 5) is 22.8. The smallest absolute Gasteiger partial charge is 0.410 e. The van der Waals surface area contributed by atoms with Crippen LogP contribution in [0.1, 0.15) is 58.7 Å². The number of fused-ring (bicyclic) bond motifs is 1. The highest BCUT2D eigenvalue weighted by molar-refractivity contribution is 5.88. The van der Waals surface area contributed by atoms with Crippen molar-refractivity contribution in [2.45, 2.75) is 65.0 Å². The van der Waals surface area contributed by atoms with Crippen LogP contribution in [0, 0.1) is 5.41 Å². The van der Waals surface area contributed by atoms with Crippen LogP contribution in [0.25, 0.3) is 11.0 Å². The van der Waals surface area contributed by atoms with E-state index in [1.807, 2.05) is 30.4 Å². The molecule has 0 aromatic carbocycles. The normalized spacial score (nSPS) is 25.2. The Kier molecular flexibility index (Phi) is 4.05. The van der Waals surface area contributed by atoms with E-state index in [0.717, 1.165) is 55.5 Å². The SMILES string of the molecule is CCc1nn(C2CC3(CCN(C(=O)OC(C)(C)C)C3)C2)c2ncnc(N)c12. The number of carbonyl (C=O) groups excluding carboxylic acids is 1. The first kappa shape index (κ1) is 18.0. The van der Waals surface area contributed by atoms with Crippen molar-refractivity contribution in [1.82, 2.24) is 24.6 Å². The third-order valence-corrected chi connectivity index (χ3v) is 5.70. The lowest BCUT2D eigenvalue weighted by atomic mass is 9.65. The molecule has 0 radical (unpaired) electrons. The minimum atomic E-state index is -0.459. The quantitative estimate of drug-likeness (QED) is 0.870. The van der Waals surface area contributed by atoms with Gasteiger partial charge in [-0.15, -0.1) is 0 Å². The Hall–Kier alpha value is -2.38. The van der Waals surface area contributed by atoms with Crippen molar-refractivity contribution in [2.24, 2.45) is 5.41 Å². The second-order valence-electron chi connectivity index (χ2n) is 8.92. The standard InChI is InChI=1S/C19H28N6O2/c1-5-13-14-15(20)21-11-22-16(14)25(23-13)12-8-19(9-12)6-7-24(10-19)17(26)27-18(2,3)4/h11-12H,5-10H2,1-4H3,(H2,20,21,22). The maximum absolute atomic E-state index is 12.4. The van der Waals surface area contributed by atoms with E-state index in [1.165, 1.54) is 6.33 Å². The lowest BCUT2D eigenvalue weighted by molar-refractivity contribution is 0.0189. The van der Waals surface area contributed by atoms with Gasteiger partial charge in [-0.2, -0.15) is 5.10 Å². The number of carbonyl (C=O) groups is 1. The van der Waals surface area contributed by atoms with E-state index in [4.69, 9.17) is 15.6 Å². The number of likely N-dealkylation sites (tertiary alicyclic amines) is 1. The minimum Gasteiger partial charge on any atom is -0.444 e. The van der Waals surface area contributed by atoms with Gasteiger partial charge in [0, 0.05) is 13.1 Å². The van der Waals surface area contributed by atoms with E-state index in [-0.39, 0.29) is 11.5 Å². The number of aryl methyl sites for hydroxylation is 1. The molecule has 8 heteroatoms. The molecule has 27 heavy (non-hydrogen) atoms. The van der Waals surface area contributed by atoms with Crippen LogP contribution >= 0.6 is 0 Å². The number of ether oxygens (including phenoxy) is 1. The molecule has 1 saturated heterocycles. The van der Waals surface area contributed by atoms with Gasteiger partial charge >= 0.3 is 6.09 Å². The molecule has 8 nitrogen and oxygen atoms in total. The van der Waals surface area contributed by atoms with Gasteiger partial charge in [0.05, 0.1) is 17.1 Å². The maximum atomic E-state index is 12.4. The van der Waals surface area contributed by atoms with Crippen molar-refractivity contribution in [2.75, 3.05) is 18.8 Å². The predicted octanol–water partition coefficient (Wildman–Crippen LogP) is 2.93. The van der Waals surface area contributed by atoms with Crippen LogP contribution in [0.5, 0.6) is 0 Å². The summed E-state index contributed by atoms with van der Waals surface area (Å²) >= 11 is 0. The Morgan fingerprint density at radius 1 is 1.37 bits per heavy atom. The maximum Gasteiger partial charge on any atom is 0.410 e. The van der Waals surface area contributed by atoms with Crippen molar-refractivity contribution in [3.8, 4) is 0 Å². The Morgan fingerprint density at radius 2 is 2.11 bits per heavy atom. The Bertz CT molecular complexity index is 878. The zero-order valence-corrected chi connectivity index (χ0v) is 16.5. The largest absolute Gasteiger partial charge is 0.444 e. The average molecular weight is 372 g/mol. The van der Waals surface area contributed by atoms with E-state index >= 15 is 0 Å². The first-order valence-corrected chi connectivity index (χ1v) is 9.67. The van der Waals surface area contributed by atoms with Crippen molar-refractivity contribution in [1.29, 1.82) is 0 Å². The Morgan fingerprint density at radius 3 is 2.78 bits per heavy atom. The van der Waals surface area contributed by atoms with E-state index in [1.54, 1.807) is 0 Å². The number of hydrogen-bond acceptors (Lipinski definition) is 6. The first-order chi connectivity index (χ1) is 12.7. The molecule has 0 unspecified atom stereocenters. The first-order valence-electron chi connectivity index (χ1n) is 9.67. The van der Waals surface area contributed by atoms with Gasteiger partial charge in [0.25, 0.3) is 0 Å². The van der Waals surface area contributed by atoms with Gasteiger partial charge in [-0.3, -0.25) is 0 Å². The molecule has 0 bridgehead atoms. The zero-order chi connectivity index (χ0) is 19.4. The number of aromatic nitrogens is 4. The van der Waals surface area contributed by atoms with E-state index in [2.05, 4.69) is 16.9 Å². The summed E-state index contributed by atoms with van der Waals surface area (Å²) in [6.07, 6.45) is 5.10. The molecule has 4 rings (SSSR count). The molecule has 1 spiro atoms. The third-order valence-electron chi connectivity index (χ3n) is 5.70. The predicted molar refractivity (Wildman–Crippen MR) is 102 cm³/mol. The fourth-order valence-electron chi connectivity index (χ4n) is 4.43. The number of anilines is 1. The van der Waals surface area contributed by atoms with E-state index < -0.39 is 5.60 Å². The molecule has 1 aliphatic carbocycles. The topological polar surface area (TPSA) is 99.2 Å². The van der Waals surface area contributed by atoms with Gasteiger partial charge in [0.2, 0.25) is 0 Å². The summed E-state index contributed by atoms with van der Waals surface area (Å²) in [5, 5.41) is 5.65. The Labute approximate surface area is 159 Å². The number of nitrogen functional groups attached to an aromatic ring is 1. The molecular formula is C19H28N6O2. The fourth-order valence-corrected chi connectivity index (χ4v) is 4.43. The average Bonchev–Trinajstić information content (AvgIpc) is 3.14. The summed E-state index contributed by atoms with van der Waals surface area (Å²) in [7, 11) is 0. The molecule has 2 N–H and O–H groups in total. The molecule has 2 aromatic rings. The number of amides is 1. The third kappa shape index (κ3) is 3.11. The summed E-state index contributed by atoms with van der Waals surface area (Å²) in [6, 6.07) is 0.292. The highest BCUT2D eigenvalue weighted by atomic mass is 16.6. The summed E-state index contributed by atoms with van der Waals surface area (Å²) in [6.45, 7) is 9.29. The highest BCUT2D eigenvalue weighted by Crippen LogP contribution is 2.54. The molecule has 0 atom stereocenters. The number of rotatable bonds is 2.